The Morgan fingerprint density at radius 1 is 1.21 bits per heavy atom. The summed E-state index contributed by atoms with van der Waals surface area (Å²) in [7, 11) is 3.00. The number of nitro groups is 1. The summed E-state index contributed by atoms with van der Waals surface area (Å²) in [5, 5.41) is 21.0. The van der Waals surface area contributed by atoms with Crippen LogP contribution in [-0.2, 0) is 9.47 Å². The maximum absolute atomic E-state index is 10.6. The van der Waals surface area contributed by atoms with Crippen molar-refractivity contribution < 1.29 is 19.5 Å². The molecule has 106 valence electrons. The number of aliphatic hydroxyl groups excluding tert-OH is 1. The third-order valence-electron chi connectivity index (χ3n) is 3.16. The van der Waals surface area contributed by atoms with Gasteiger partial charge in [-0.1, -0.05) is 13.8 Å². The Balaban J connectivity index is 2.98. The number of aliphatic hydroxyl groups is 1. The summed E-state index contributed by atoms with van der Waals surface area (Å²) in [4.78, 5) is 10.1. The SMILES string of the molecule is COC(OC)C(C)(C)[C@H](O)c1ccc([N+](=O)[O-])cc1. The maximum atomic E-state index is 10.6. The van der Waals surface area contributed by atoms with Crippen LogP contribution in [0.5, 0.6) is 0 Å². The first-order valence-electron chi connectivity index (χ1n) is 5.82. The third kappa shape index (κ3) is 3.28. The molecule has 1 rings (SSSR count). The fourth-order valence-corrected chi connectivity index (χ4v) is 2.04. The largest absolute Gasteiger partial charge is 0.388 e. The molecule has 6 nitrogen and oxygen atoms in total. The zero-order valence-electron chi connectivity index (χ0n) is 11.5. The van der Waals surface area contributed by atoms with Crippen molar-refractivity contribution >= 4 is 5.69 Å². The molecule has 0 spiro atoms. The predicted molar refractivity (Wildman–Crippen MR) is 69.6 cm³/mol. The number of nitro benzene ring substituents is 1. The van der Waals surface area contributed by atoms with E-state index in [0.717, 1.165) is 0 Å². The quantitative estimate of drug-likeness (QED) is 0.486. The van der Waals surface area contributed by atoms with Gasteiger partial charge in [0.25, 0.3) is 5.69 Å². The average Bonchev–Trinajstić information content (AvgIpc) is 2.39. The molecule has 1 aromatic rings. The van der Waals surface area contributed by atoms with Crippen molar-refractivity contribution in [3.05, 3.63) is 39.9 Å². The van der Waals surface area contributed by atoms with Gasteiger partial charge < -0.3 is 14.6 Å². The molecule has 0 aliphatic rings. The average molecular weight is 269 g/mol. The molecular weight excluding hydrogens is 250 g/mol. The maximum Gasteiger partial charge on any atom is 0.269 e. The van der Waals surface area contributed by atoms with Gasteiger partial charge in [0.15, 0.2) is 6.29 Å². The Morgan fingerprint density at radius 2 is 1.68 bits per heavy atom. The molecule has 0 saturated heterocycles. The summed E-state index contributed by atoms with van der Waals surface area (Å²) in [6.07, 6.45) is -1.45. The van der Waals surface area contributed by atoms with E-state index in [1.165, 1.54) is 38.5 Å². The van der Waals surface area contributed by atoms with Crippen LogP contribution < -0.4 is 0 Å². The molecule has 0 saturated carbocycles. The molecule has 0 fully saturated rings. The zero-order chi connectivity index (χ0) is 14.6. The van der Waals surface area contributed by atoms with Crippen molar-refractivity contribution in [3.63, 3.8) is 0 Å². The molecule has 0 radical (unpaired) electrons. The van der Waals surface area contributed by atoms with Gasteiger partial charge in [0, 0.05) is 31.8 Å². The van der Waals surface area contributed by atoms with E-state index in [1.807, 2.05) is 0 Å². The van der Waals surface area contributed by atoms with Crippen LogP contribution >= 0.6 is 0 Å². The molecule has 1 N–H and O–H groups in total. The van der Waals surface area contributed by atoms with Gasteiger partial charge in [-0.25, -0.2) is 0 Å². The number of non-ortho nitro benzene ring substituents is 1. The van der Waals surface area contributed by atoms with Crippen LogP contribution in [0.25, 0.3) is 0 Å². The number of ether oxygens (including phenoxy) is 2. The smallest absolute Gasteiger partial charge is 0.269 e. The molecule has 1 atom stereocenters. The number of benzene rings is 1. The van der Waals surface area contributed by atoms with E-state index in [-0.39, 0.29) is 5.69 Å². The van der Waals surface area contributed by atoms with Crippen LogP contribution in [0, 0.1) is 15.5 Å². The van der Waals surface area contributed by atoms with E-state index in [1.54, 1.807) is 13.8 Å². The van der Waals surface area contributed by atoms with Gasteiger partial charge in [0.1, 0.15) is 0 Å². The molecule has 19 heavy (non-hydrogen) atoms. The van der Waals surface area contributed by atoms with Crippen LogP contribution in [-0.4, -0.2) is 30.5 Å². The van der Waals surface area contributed by atoms with E-state index in [2.05, 4.69) is 0 Å². The first kappa shape index (κ1) is 15.6. The zero-order valence-corrected chi connectivity index (χ0v) is 11.5. The van der Waals surface area contributed by atoms with Gasteiger partial charge >= 0.3 is 0 Å². The lowest BCUT2D eigenvalue weighted by Gasteiger charge is -2.36. The molecule has 0 aliphatic carbocycles. The highest BCUT2D eigenvalue weighted by Crippen LogP contribution is 2.38. The number of nitrogens with zero attached hydrogens (tertiary/aromatic N) is 1. The molecule has 1 aromatic carbocycles. The van der Waals surface area contributed by atoms with Gasteiger partial charge in [0.05, 0.1) is 11.0 Å². The number of rotatable bonds is 6. The Labute approximate surface area is 112 Å². The molecule has 0 unspecified atom stereocenters. The van der Waals surface area contributed by atoms with E-state index in [4.69, 9.17) is 9.47 Å². The fraction of sp³-hybridized carbons (Fsp3) is 0.538. The fourth-order valence-electron chi connectivity index (χ4n) is 2.04. The number of hydrogen-bond acceptors (Lipinski definition) is 5. The van der Waals surface area contributed by atoms with Crippen molar-refractivity contribution in [2.75, 3.05) is 14.2 Å². The van der Waals surface area contributed by atoms with Crippen molar-refractivity contribution in [1.29, 1.82) is 0 Å². The molecule has 0 amide bonds. The van der Waals surface area contributed by atoms with Crippen LogP contribution in [0.1, 0.15) is 25.5 Å². The minimum Gasteiger partial charge on any atom is -0.388 e. The second-order valence-corrected chi connectivity index (χ2v) is 4.88. The van der Waals surface area contributed by atoms with Gasteiger partial charge in [-0.2, -0.15) is 0 Å². The Morgan fingerprint density at radius 3 is 2.05 bits per heavy atom. The minimum atomic E-state index is -0.863. The molecule has 0 aromatic heterocycles. The summed E-state index contributed by atoms with van der Waals surface area (Å²) in [6.45, 7) is 3.60. The first-order chi connectivity index (χ1) is 8.84. The van der Waals surface area contributed by atoms with Crippen LogP contribution in [0.15, 0.2) is 24.3 Å². The monoisotopic (exact) mass is 269 g/mol. The molecule has 6 heteroatoms. The first-order valence-corrected chi connectivity index (χ1v) is 5.82. The van der Waals surface area contributed by atoms with Crippen LogP contribution in [0.3, 0.4) is 0 Å². The van der Waals surface area contributed by atoms with Crippen molar-refractivity contribution in [2.24, 2.45) is 5.41 Å². The molecule has 0 bridgehead atoms. The number of methoxy groups -OCH3 is 2. The van der Waals surface area contributed by atoms with E-state index in [9.17, 15) is 15.2 Å². The Bertz CT molecular complexity index is 425. The predicted octanol–water partition coefficient (Wildman–Crippen LogP) is 2.27. The van der Waals surface area contributed by atoms with Gasteiger partial charge in [-0.3, -0.25) is 10.1 Å². The number of hydrogen-bond donors (Lipinski definition) is 1. The Hall–Kier alpha value is -1.50. The van der Waals surface area contributed by atoms with E-state index in [0.29, 0.717) is 5.56 Å². The summed E-state index contributed by atoms with van der Waals surface area (Å²) in [6, 6.07) is 5.80. The third-order valence-corrected chi connectivity index (χ3v) is 3.16. The summed E-state index contributed by atoms with van der Waals surface area (Å²) < 4.78 is 10.4. The lowest BCUT2D eigenvalue weighted by molar-refractivity contribution is -0.384. The second kappa shape index (κ2) is 6.10. The summed E-state index contributed by atoms with van der Waals surface area (Å²) >= 11 is 0. The van der Waals surface area contributed by atoms with Crippen LogP contribution in [0.2, 0.25) is 0 Å². The van der Waals surface area contributed by atoms with E-state index >= 15 is 0 Å². The van der Waals surface area contributed by atoms with Crippen molar-refractivity contribution in [2.45, 2.75) is 26.2 Å². The second-order valence-electron chi connectivity index (χ2n) is 4.88. The van der Waals surface area contributed by atoms with E-state index < -0.39 is 22.7 Å². The normalized spacial score (nSPS) is 13.6. The topological polar surface area (TPSA) is 81.8 Å². The highest BCUT2D eigenvalue weighted by molar-refractivity contribution is 5.34. The van der Waals surface area contributed by atoms with Gasteiger partial charge in [-0.05, 0) is 17.7 Å². The summed E-state index contributed by atoms with van der Waals surface area (Å²) in [5.74, 6) is 0. The lowest BCUT2D eigenvalue weighted by Crippen LogP contribution is -2.38. The molecule has 0 aliphatic heterocycles. The van der Waals surface area contributed by atoms with Gasteiger partial charge in [0.2, 0.25) is 0 Å². The highest BCUT2D eigenvalue weighted by Gasteiger charge is 2.38. The minimum absolute atomic E-state index is 0.0104. The Kier molecular flexibility index (Phi) is 4.99. The van der Waals surface area contributed by atoms with Crippen molar-refractivity contribution in [3.8, 4) is 0 Å². The molecule has 0 heterocycles. The van der Waals surface area contributed by atoms with Crippen LogP contribution in [0.4, 0.5) is 5.69 Å². The van der Waals surface area contributed by atoms with Gasteiger partial charge in [-0.15, -0.1) is 0 Å². The lowest BCUT2D eigenvalue weighted by atomic mass is 9.82. The van der Waals surface area contributed by atoms with Crippen molar-refractivity contribution in [1.82, 2.24) is 0 Å². The highest BCUT2D eigenvalue weighted by atomic mass is 16.7. The standard InChI is InChI=1S/C13H19NO5/c1-13(2,12(18-3)19-4)11(15)9-5-7-10(8-6-9)14(16)17/h5-8,11-12,15H,1-4H3/t11-/m1/s1. The molecular formula is C13H19NO5. The summed E-state index contributed by atoms with van der Waals surface area (Å²) in [5.41, 5.74) is -0.127.